The fourth-order valence-corrected chi connectivity index (χ4v) is 1.95. The molecule has 3 nitrogen and oxygen atoms in total. The number of ketones is 1. The summed E-state index contributed by atoms with van der Waals surface area (Å²) in [4.78, 5) is 16.4. The molecule has 0 unspecified atom stereocenters. The van der Waals surface area contributed by atoms with Gasteiger partial charge in [-0.25, -0.2) is 0 Å². The molecular weight excluding hydrogens is 224 g/mol. The molecule has 1 rings (SSSR count). The summed E-state index contributed by atoms with van der Waals surface area (Å²) in [5.41, 5.74) is 1.90. The van der Waals surface area contributed by atoms with Crippen LogP contribution in [0.5, 0.6) is 0 Å². The van der Waals surface area contributed by atoms with Crippen molar-refractivity contribution in [2.24, 2.45) is 0 Å². The van der Waals surface area contributed by atoms with Gasteiger partial charge in [0.05, 0.1) is 6.54 Å². The fraction of sp³-hybridized carbons (Fsp3) is 0.533. The highest BCUT2D eigenvalue weighted by Crippen LogP contribution is 2.08. The molecule has 100 valence electrons. The number of hydrogen-bond acceptors (Lipinski definition) is 3. The zero-order chi connectivity index (χ0) is 13.5. The summed E-state index contributed by atoms with van der Waals surface area (Å²) in [5.74, 6) is 0.209. The standard InChI is InChI=1S/C15H24N2O/c1-13-8-5-6-9-14(13)15(18)12-17(4)11-7-10-16(2)3/h5-6,8-9H,7,10-12H2,1-4H3. The molecule has 0 bridgehead atoms. The minimum absolute atomic E-state index is 0.209. The average molecular weight is 248 g/mol. The molecule has 0 saturated carbocycles. The first-order chi connectivity index (χ1) is 8.50. The van der Waals surface area contributed by atoms with Gasteiger partial charge in [0.25, 0.3) is 0 Å². The van der Waals surface area contributed by atoms with Gasteiger partial charge in [-0.3, -0.25) is 9.69 Å². The Kier molecular flexibility index (Phi) is 6.02. The predicted octanol–water partition coefficient (Wildman–Crippen LogP) is 2.06. The number of Topliss-reactive ketones (excluding diaryl/α,β-unsaturated/α-hetero) is 1. The van der Waals surface area contributed by atoms with Crippen LogP contribution in [0.4, 0.5) is 0 Å². The normalized spacial score (nSPS) is 11.2. The Morgan fingerprint density at radius 1 is 1.11 bits per heavy atom. The molecular formula is C15H24N2O. The lowest BCUT2D eigenvalue weighted by molar-refractivity contribution is 0.0944. The molecule has 0 spiro atoms. The third-order valence-corrected chi connectivity index (χ3v) is 3.00. The van der Waals surface area contributed by atoms with E-state index < -0.39 is 0 Å². The van der Waals surface area contributed by atoms with Crippen molar-refractivity contribution in [1.29, 1.82) is 0 Å². The van der Waals surface area contributed by atoms with Crippen LogP contribution in [0.3, 0.4) is 0 Å². The highest BCUT2D eigenvalue weighted by molar-refractivity contribution is 5.98. The van der Waals surface area contributed by atoms with Gasteiger partial charge in [-0.1, -0.05) is 24.3 Å². The minimum atomic E-state index is 0.209. The Balaban J connectivity index is 2.43. The summed E-state index contributed by atoms with van der Waals surface area (Å²) in [6, 6.07) is 7.78. The monoisotopic (exact) mass is 248 g/mol. The maximum absolute atomic E-state index is 12.1. The first-order valence-electron chi connectivity index (χ1n) is 6.43. The number of carbonyl (C=O) groups is 1. The summed E-state index contributed by atoms with van der Waals surface area (Å²) >= 11 is 0. The smallest absolute Gasteiger partial charge is 0.177 e. The van der Waals surface area contributed by atoms with E-state index in [2.05, 4.69) is 23.9 Å². The van der Waals surface area contributed by atoms with E-state index in [4.69, 9.17) is 0 Å². The molecule has 0 N–H and O–H groups in total. The van der Waals surface area contributed by atoms with E-state index in [1.165, 1.54) is 0 Å². The summed E-state index contributed by atoms with van der Waals surface area (Å²) in [7, 11) is 6.14. The van der Waals surface area contributed by atoms with E-state index in [0.717, 1.165) is 30.6 Å². The molecule has 0 aliphatic heterocycles. The molecule has 1 aromatic carbocycles. The van der Waals surface area contributed by atoms with E-state index in [-0.39, 0.29) is 5.78 Å². The van der Waals surface area contributed by atoms with Gasteiger partial charge >= 0.3 is 0 Å². The highest BCUT2D eigenvalue weighted by atomic mass is 16.1. The molecule has 0 amide bonds. The maximum Gasteiger partial charge on any atom is 0.177 e. The molecule has 0 fully saturated rings. The van der Waals surface area contributed by atoms with E-state index in [9.17, 15) is 4.79 Å². The number of carbonyl (C=O) groups excluding carboxylic acids is 1. The van der Waals surface area contributed by atoms with Crippen LogP contribution < -0.4 is 0 Å². The number of aryl methyl sites for hydroxylation is 1. The maximum atomic E-state index is 12.1. The first-order valence-corrected chi connectivity index (χ1v) is 6.43. The van der Waals surface area contributed by atoms with Gasteiger partial charge in [-0.2, -0.15) is 0 Å². The van der Waals surface area contributed by atoms with Gasteiger partial charge < -0.3 is 4.90 Å². The van der Waals surface area contributed by atoms with E-state index in [1.807, 2.05) is 38.2 Å². The topological polar surface area (TPSA) is 23.6 Å². The number of benzene rings is 1. The molecule has 0 saturated heterocycles. The van der Waals surface area contributed by atoms with E-state index in [1.54, 1.807) is 0 Å². The molecule has 3 heteroatoms. The summed E-state index contributed by atoms with van der Waals surface area (Å²) < 4.78 is 0. The van der Waals surface area contributed by atoms with Crippen molar-refractivity contribution in [3.05, 3.63) is 35.4 Å². The number of hydrogen-bond donors (Lipinski definition) is 0. The first kappa shape index (κ1) is 14.9. The van der Waals surface area contributed by atoms with Crippen LogP contribution in [0, 0.1) is 6.92 Å². The second-order valence-corrected chi connectivity index (χ2v) is 5.13. The quantitative estimate of drug-likeness (QED) is 0.690. The van der Waals surface area contributed by atoms with Crippen molar-refractivity contribution in [2.45, 2.75) is 13.3 Å². The van der Waals surface area contributed by atoms with Crippen molar-refractivity contribution in [3.8, 4) is 0 Å². The molecule has 1 aromatic rings. The van der Waals surface area contributed by atoms with Crippen molar-refractivity contribution in [2.75, 3.05) is 40.8 Å². The Morgan fingerprint density at radius 2 is 1.78 bits per heavy atom. The lowest BCUT2D eigenvalue weighted by Gasteiger charge is -2.17. The molecule has 0 aromatic heterocycles. The Morgan fingerprint density at radius 3 is 2.39 bits per heavy atom. The number of nitrogens with zero attached hydrogens (tertiary/aromatic N) is 2. The van der Waals surface area contributed by atoms with Gasteiger partial charge in [-0.05, 0) is 53.1 Å². The van der Waals surface area contributed by atoms with Crippen molar-refractivity contribution < 1.29 is 4.79 Å². The SMILES string of the molecule is Cc1ccccc1C(=O)CN(C)CCCN(C)C. The second kappa shape index (κ2) is 7.29. The number of rotatable bonds is 7. The van der Waals surface area contributed by atoms with E-state index in [0.29, 0.717) is 6.54 Å². The van der Waals surface area contributed by atoms with Gasteiger partial charge in [-0.15, -0.1) is 0 Å². The van der Waals surface area contributed by atoms with Gasteiger partial charge in [0, 0.05) is 5.56 Å². The molecule has 0 atom stereocenters. The highest BCUT2D eigenvalue weighted by Gasteiger charge is 2.10. The molecule has 18 heavy (non-hydrogen) atoms. The zero-order valence-electron chi connectivity index (χ0n) is 11.9. The lowest BCUT2D eigenvalue weighted by Crippen LogP contribution is -2.29. The van der Waals surface area contributed by atoms with Crippen LogP contribution in [-0.2, 0) is 0 Å². The second-order valence-electron chi connectivity index (χ2n) is 5.13. The van der Waals surface area contributed by atoms with Crippen LogP contribution in [0.15, 0.2) is 24.3 Å². The molecule has 0 aliphatic rings. The Hall–Kier alpha value is -1.19. The van der Waals surface area contributed by atoms with Crippen LogP contribution >= 0.6 is 0 Å². The number of likely N-dealkylation sites (N-methyl/N-ethyl adjacent to an activating group) is 1. The van der Waals surface area contributed by atoms with Crippen LogP contribution in [0.2, 0.25) is 0 Å². The summed E-state index contributed by atoms with van der Waals surface area (Å²) in [6.45, 7) is 4.50. The van der Waals surface area contributed by atoms with Crippen molar-refractivity contribution >= 4 is 5.78 Å². The van der Waals surface area contributed by atoms with Gasteiger partial charge in [0.1, 0.15) is 0 Å². The van der Waals surface area contributed by atoms with Crippen LogP contribution in [0.25, 0.3) is 0 Å². The lowest BCUT2D eigenvalue weighted by atomic mass is 10.0. The summed E-state index contributed by atoms with van der Waals surface area (Å²) in [6.07, 6.45) is 1.09. The average Bonchev–Trinajstić information content (AvgIpc) is 2.28. The molecule has 0 radical (unpaired) electrons. The van der Waals surface area contributed by atoms with Crippen LogP contribution in [0.1, 0.15) is 22.3 Å². The Labute approximate surface area is 110 Å². The van der Waals surface area contributed by atoms with E-state index >= 15 is 0 Å². The van der Waals surface area contributed by atoms with Crippen molar-refractivity contribution in [1.82, 2.24) is 9.80 Å². The largest absolute Gasteiger partial charge is 0.309 e. The molecule has 0 aliphatic carbocycles. The Bertz CT molecular complexity index is 388. The van der Waals surface area contributed by atoms with Gasteiger partial charge in [0.2, 0.25) is 0 Å². The van der Waals surface area contributed by atoms with Crippen molar-refractivity contribution in [3.63, 3.8) is 0 Å². The summed E-state index contributed by atoms with van der Waals surface area (Å²) in [5, 5.41) is 0. The zero-order valence-corrected chi connectivity index (χ0v) is 11.9. The van der Waals surface area contributed by atoms with Gasteiger partial charge in [0.15, 0.2) is 5.78 Å². The third kappa shape index (κ3) is 4.98. The van der Waals surface area contributed by atoms with Crippen LogP contribution in [-0.4, -0.2) is 56.4 Å². The predicted molar refractivity (Wildman–Crippen MR) is 76.2 cm³/mol. The third-order valence-electron chi connectivity index (χ3n) is 3.00. The minimum Gasteiger partial charge on any atom is -0.309 e. The fourth-order valence-electron chi connectivity index (χ4n) is 1.95. The molecule has 0 heterocycles.